The largest absolute Gasteiger partial charge is 0.465 e. The molecule has 150 valence electrons. The van der Waals surface area contributed by atoms with Crippen LogP contribution in [0.4, 0.5) is 5.69 Å². The summed E-state index contributed by atoms with van der Waals surface area (Å²) in [6.07, 6.45) is 0. The number of rotatable bonds is 5. The zero-order valence-corrected chi connectivity index (χ0v) is 16.6. The zero-order chi connectivity index (χ0) is 21.1. The maximum Gasteiger partial charge on any atom is 0.337 e. The third kappa shape index (κ3) is 4.40. The summed E-state index contributed by atoms with van der Waals surface area (Å²) in [4.78, 5) is 41.0. The van der Waals surface area contributed by atoms with Crippen LogP contribution < -0.4 is 10.9 Å². The smallest absolute Gasteiger partial charge is 0.337 e. The lowest BCUT2D eigenvalue weighted by Gasteiger charge is -2.14. The second-order valence-corrected chi connectivity index (χ2v) is 6.58. The number of aromatic nitrogens is 4. The molecular weight excluding hydrogens is 374 g/mol. The zero-order valence-electron chi connectivity index (χ0n) is 16.6. The summed E-state index contributed by atoms with van der Waals surface area (Å²) >= 11 is 0. The van der Waals surface area contributed by atoms with Gasteiger partial charge in [0.1, 0.15) is 6.54 Å². The average molecular weight is 395 g/mol. The quantitative estimate of drug-likeness (QED) is 0.660. The van der Waals surface area contributed by atoms with Crippen LogP contribution in [0.25, 0.3) is 5.95 Å². The third-order valence-electron chi connectivity index (χ3n) is 4.21. The van der Waals surface area contributed by atoms with Crippen molar-refractivity contribution >= 4 is 17.6 Å². The van der Waals surface area contributed by atoms with Gasteiger partial charge in [0, 0.05) is 23.1 Å². The Morgan fingerprint density at radius 2 is 1.76 bits per heavy atom. The lowest BCUT2D eigenvalue weighted by molar-refractivity contribution is -0.116. The predicted octanol–water partition coefficient (Wildman–Crippen LogP) is 1.78. The van der Waals surface area contributed by atoms with E-state index in [9.17, 15) is 14.4 Å². The molecule has 0 fully saturated rings. The summed E-state index contributed by atoms with van der Waals surface area (Å²) in [6.45, 7) is 5.16. The molecule has 0 saturated carbocycles. The molecule has 0 spiro atoms. The minimum Gasteiger partial charge on any atom is -0.465 e. The number of methoxy groups -OCH3 is 1. The molecule has 0 aliphatic rings. The van der Waals surface area contributed by atoms with Gasteiger partial charge >= 0.3 is 5.97 Å². The topological polar surface area (TPSA) is 108 Å². The molecule has 3 aromatic rings. The Balaban J connectivity index is 1.86. The highest BCUT2D eigenvalue weighted by Crippen LogP contribution is 2.12. The highest BCUT2D eigenvalue weighted by molar-refractivity contribution is 5.93. The average Bonchev–Trinajstić information content (AvgIpc) is 3.01. The van der Waals surface area contributed by atoms with Gasteiger partial charge in [-0.1, -0.05) is 0 Å². The van der Waals surface area contributed by atoms with E-state index in [1.165, 1.54) is 17.7 Å². The van der Waals surface area contributed by atoms with Crippen LogP contribution in [-0.2, 0) is 16.1 Å². The van der Waals surface area contributed by atoms with Crippen molar-refractivity contribution in [2.75, 3.05) is 12.4 Å². The minimum absolute atomic E-state index is 0.238. The second kappa shape index (κ2) is 8.09. The molecule has 2 heterocycles. The Morgan fingerprint density at radius 1 is 1.07 bits per heavy atom. The van der Waals surface area contributed by atoms with Gasteiger partial charge in [-0.25, -0.2) is 14.5 Å². The number of carbonyl (C=O) groups excluding carboxylic acids is 2. The summed E-state index contributed by atoms with van der Waals surface area (Å²) in [7, 11) is 1.30. The van der Waals surface area contributed by atoms with Crippen LogP contribution in [0.3, 0.4) is 0 Å². The first-order valence-electron chi connectivity index (χ1n) is 8.89. The summed E-state index contributed by atoms with van der Waals surface area (Å²) in [5.41, 5.74) is 2.62. The molecule has 0 aliphatic carbocycles. The van der Waals surface area contributed by atoms with Crippen LogP contribution in [0.1, 0.15) is 27.4 Å². The van der Waals surface area contributed by atoms with Gasteiger partial charge < -0.3 is 10.1 Å². The first-order valence-corrected chi connectivity index (χ1v) is 8.89. The van der Waals surface area contributed by atoms with E-state index >= 15 is 0 Å². The molecule has 2 aromatic heterocycles. The standard InChI is InChI=1S/C20H21N5O4/c1-12-10-18(27)24(20(21-12)25-14(3)9-13(2)23-25)11-17(26)22-16-7-5-15(6-8-16)19(28)29-4/h5-10H,11H2,1-4H3,(H,22,26). The van der Waals surface area contributed by atoms with Crippen LogP contribution in [-0.4, -0.2) is 38.3 Å². The van der Waals surface area contributed by atoms with E-state index < -0.39 is 11.9 Å². The highest BCUT2D eigenvalue weighted by Gasteiger charge is 2.16. The number of carbonyl (C=O) groups is 2. The van der Waals surface area contributed by atoms with Gasteiger partial charge in [-0.15, -0.1) is 0 Å². The van der Waals surface area contributed by atoms with Crippen LogP contribution in [0, 0.1) is 20.8 Å². The lowest BCUT2D eigenvalue weighted by atomic mass is 10.2. The summed E-state index contributed by atoms with van der Waals surface area (Å²) in [6, 6.07) is 9.49. The molecule has 3 rings (SSSR count). The third-order valence-corrected chi connectivity index (χ3v) is 4.21. The van der Waals surface area contributed by atoms with E-state index in [1.807, 2.05) is 19.9 Å². The van der Waals surface area contributed by atoms with Gasteiger partial charge in [-0.05, 0) is 51.1 Å². The van der Waals surface area contributed by atoms with E-state index in [2.05, 4.69) is 20.1 Å². The van der Waals surface area contributed by atoms with Gasteiger partial charge in [-0.2, -0.15) is 5.10 Å². The molecule has 0 bridgehead atoms. The maximum absolute atomic E-state index is 12.5. The number of hydrogen-bond acceptors (Lipinski definition) is 6. The fraction of sp³-hybridized carbons (Fsp3) is 0.250. The number of ether oxygens (including phenoxy) is 1. The van der Waals surface area contributed by atoms with Gasteiger partial charge in [0.2, 0.25) is 11.9 Å². The van der Waals surface area contributed by atoms with Crippen molar-refractivity contribution in [3.63, 3.8) is 0 Å². The number of hydrogen-bond donors (Lipinski definition) is 1. The molecule has 0 radical (unpaired) electrons. The number of esters is 1. The Morgan fingerprint density at radius 3 is 2.34 bits per heavy atom. The summed E-state index contributed by atoms with van der Waals surface area (Å²) < 4.78 is 7.46. The lowest BCUT2D eigenvalue weighted by Crippen LogP contribution is -2.32. The molecule has 0 atom stereocenters. The second-order valence-electron chi connectivity index (χ2n) is 6.58. The monoisotopic (exact) mass is 395 g/mol. The fourth-order valence-electron chi connectivity index (χ4n) is 2.90. The van der Waals surface area contributed by atoms with Gasteiger partial charge in [0.05, 0.1) is 18.4 Å². The van der Waals surface area contributed by atoms with E-state index in [0.29, 0.717) is 16.9 Å². The van der Waals surface area contributed by atoms with E-state index in [0.717, 1.165) is 11.4 Å². The first kappa shape index (κ1) is 20.0. The van der Waals surface area contributed by atoms with Gasteiger partial charge in [-0.3, -0.25) is 14.2 Å². The predicted molar refractivity (Wildman–Crippen MR) is 106 cm³/mol. The van der Waals surface area contributed by atoms with Gasteiger partial charge in [0.25, 0.3) is 5.56 Å². The maximum atomic E-state index is 12.5. The molecule has 29 heavy (non-hydrogen) atoms. The van der Waals surface area contributed by atoms with Crippen LogP contribution in [0.5, 0.6) is 0 Å². The van der Waals surface area contributed by atoms with Crippen LogP contribution in [0.15, 0.2) is 41.2 Å². The van der Waals surface area contributed by atoms with Crippen molar-refractivity contribution in [1.82, 2.24) is 19.3 Å². The highest BCUT2D eigenvalue weighted by atomic mass is 16.5. The molecular formula is C20H21N5O4. The minimum atomic E-state index is -0.463. The molecule has 1 aromatic carbocycles. The van der Waals surface area contributed by atoms with Crippen molar-refractivity contribution < 1.29 is 14.3 Å². The number of amides is 1. The molecule has 9 heteroatoms. The Hall–Kier alpha value is -3.75. The number of benzene rings is 1. The Bertz CT molecular complexity index is 1130. The normalized spacial score (nSPS) is 10.6. The number of anilines is 1. The van der Waals surface area contributed by atoms with Crippen molar-refractivity contribution in [2.24, 2.45) is 0 Å². The number of aryl methyl sites for hydroxylation is 3. The molecule has 1 N–H and O–H groups in total. The Labute approximate surface area is 167 Å². The van der Waals surface area contributed by atoms with Crippen LogP contribution >= 0.6 is 0 Å². The molecule has 0 aliphatic heterocycles. The fourth-order valence-corrected chi connectivity index (χ4v) is 2.90. The molecule has 1 amide bonds. The Kier molecular flexibility index (Phi) is 5.58. The first-order chi connectivity index (χ1) is 13.8. The van der Waals surface area contributed by atoms with Crippen molar-refractivity contribution in [3.05, 3.63) is 69.4 Å². The van der Waals surface area contributed by atoms with Gasteiger partial charge in [0.15, 0.2) is 0 Å². The van der Waals surface area contributed by atoms with Crippen molar-refractivity contribution in [3.8, 4) is 5.95 Å². The van der Waals surface area contributed by atoms with E-state index in [4.69, 9.17) is 0 Å². The number of nitrogens with one attached hydrogen (secondary N) is 1. The van der Waals surface area contributed by atoms with Crippen molar-refractivity contribution in [2.45, 2.75) is 27.3 Å². The summed E-state index contributed by atoms with van der Waals surface area (Å²) in [5, 5.41) is 7.07. The SMILES string of the molecule is COC(=O)c1ccc(NC(=O)Cn2c(-n3nc(C)cc3C)nc(C)cc2=O)cc1. The number of nitrogens with zero attached hydrogens (tertiary/aromatic N) is 4. The molecule has 0 unspecified atom stereocenters. The summed E-state index contributed by atoms with van der Waals surface area (Å²) in [5.74, 6) is -0.599. The van der Waals surface area contributed by atoms with E-state index in [1.54, 1.807) is 35.9 Å². The molecule has 0 saturated heterocycles. The molecule has 9 nitrogen and oxygen atoms in total. The van der Waals surface area contributed by atoms with E-state index in [-0.39, 0.29) is 18.1 Å². The van der Waals surface area contributed by atoms with Crippen molar-refractivity contribution in [1.29, 1.82) is 0 Å². The van der Waals surface area contributed by atoms with Crippen LogP contribution in [0.2, 0.25) is 0 Å².